The molecule has 0 aliphatic carbocycles. The van der Waals surface area contributed by atoms with Gasteiger partial charge in [0.05, 0.1) is 70.0 Å². The van der Waals surface area contributed by atoms with Crippen LogP contribution in [0.3, 0.4) is 0 Å². The smallest absolute Gasteiger partial charge is 0.338 e. The first-order valence-corrected chi connectivity index (χ1v) is 23.5. The van der Waals surface area contributed by atoms with E-state index < -0.39 is 35.3 Å². The van der Waals surface area contributed by atoms with Crippen LogP contribution in [0.15, 0.2) is 142 Å². The van der Waals surface area contributed by atoms with Crippen LogP contribution < -0.4 is 0 Å². The molecule has 0 fully saturated rings. The second-order valence-corrected chi connectivity index (χ2v) is 17.4. The van der Waals surface area contributed by atoms with E-state index in [2.05, 4.69) is 42.2 Å². The van der Waals surface area contributed by atoms with Crippen molar-refractivity contribution in [3.63, 3.8) is 0 Å². The fourth-order valence-electron chi connectivity index (χ4n) is 7.27. The predicted molar refractivity (Wildman–Crippen MR) is 276 cm³/mol. The molecule has 6 aromatic carbocycles. The predicted octanol–water partition coefficient (Wildman–Crippen LogP) is 13.6. The summed E-state index contributed by atoms with van der Waals surface area (Å²) >= 11 is 17.8. The highest BCUT2D eigenvalue weighted by atomic mass is 35.5. The van der Waals surface area contributed by atoms with Crippen LogP contribution in [-0.4, -0.2) is 48.9 Å². The lowest BCUT2D eigenvalue weighted by atomic mass is 9.92. The van der Waals surface area contributed by atoms with Gasteiger partial charge in [-0.3, -0.25) is 4.79 Å². The van der Waals surface area contributed by atoms with Crippen LogP contribution in [-0.2, 0) is 17.6 Å². The lowest BCUT2D eigenvalue weighted by Gasteiger charge is -2.22. The van der Waals surface area contributed by atoms with Crippen molar-refractivity contribution in [3.05, 3.63) is 223 Å². The van der Waals surface area contributed by atoms with Gasteiger partial charge in [0.1, 0.15) is 6.10 Å². The molecule has 0 radical (unpaired) electrons. The quantitative estimate of drug-likeness (QED) is 0.0652. The standard InChI is InChI=1S/C28H21ClN4O3.C21H17ClN4O2.C7H5ClO/c1-17-22(13-14-24(31-3)25(17)29)15-23(18(2)35-28(34)21-7-5-4-6-8-21)27-33-32-26(36-27)20-11-9-19(16-30)10-12-20;1-12-16(8-9-18(24-3)19(12)22)10-17(13(2)27)21-26-25-20(28-21)15-6-4-14(11-23)5-7-15;8-7(9)6-4-2-1-3-5-6/h4-14,18,23H,15H2,1-2H3;4-9,13,17,27H,10H2,1-2H3;1-5H/t18-,23+;13-,17+;/m00./s1. The molecule has 0 unspecified atom stereocenters. The summed E-state index contributed by atoms with van der Waals surface area (Å²) in [6, 6.07) is 42.3. The van der Waals surface area contributed by atoms with Crippen molar-refractivity contribution in [2.75, 3.05) is 0 Å². The van der Waals surface area contributed by atoms with E-state index in [1.165, 1.54) is 0 Å². The summed E-state index contributed by atoms with van der Waals surface area (Å²) in [5.74, 6) is -0.133. The minimum absolute atomic E-state index is 0.291. The van der Waals surface area contributed by atoms with E-state index in [1.54, 1.807) is 123 Å². The maximum atomic E-state index is 12.8. The van der Waals surface area contributed by atoms with Crippen molar-refractivity contribution in [1.82, 2.24) is 20.4 Å². The van der Waals surface area contributed by atoms with Gasteiger partial charge in [-0.05, 0) is 135 Å². The number of benzene rings is 6. The van der Waals surface area contributed by atoms with Crippen molar-refractivity contribution < 1.29 is 28.3 Å². The second kappa shape index (κ2) is 25.6. The normalized spacial score (nSPS) is 12.1. The molecule has 2 aromatic heterocycles. The Balaban J connectivity index is 0.000000207. The third-order valence-electron chi connectivity index (χ3n) is 11.6. The number of nitriles is 2. The van der Waals surface area contributed by atoms with Gasteiger partial charge < -0.3 is 18.7 Å². The van der Waals surface area contributed by atoms with Crippen LogP contribution in [0.4, 0.5) is 11.4 Å². The molecule has 0 bridgehead atoms. The number of esters is 1. The van der Waals surface area contributed by atoms with E-state index in [0.717, 1.165) is 22.3 Å². The molecule has 0 spiro atoms. The van der Waals surface area contributed by atoms with Crippen molar-refractivity contribution >= 4 is 57.4 Å². The Kier molecular flexibility index (Phi) is 18.9. The van der Waals surface area contributed by atoms with Gasteiger partial charge >= 0.3 is 5.97 Å². The molecule has 1 N–H and O–H groups in total. The number of hydrogen-bond acceptors (Lipinski definition) is 12. The molecule has 0 saturated heterocycles. The van der Waals surface area contributed by atoms with Gasteiger partial charge in [0.25, 0.3) is 5.24 Å². The highest BCUT2D eigenvalue weighted by Crippen LogP contribution is 2.37. The monoisotopic (exact) mass is 1030 g/mol. The Morgan fingerprint density at radius 3 is 1.42 bits per heavy atom. The van der Waals surface area contributed by atoms with Gasteiger partial charge in [0, 0.05) is 16.7 Å². The Morgan fingerprint density at radius 1 is 0.630 bits per heavy atom. The van der Waals surface area contributed by atoms with E-state index in [9.17, 15) is 14.7 Å². The SMILES string of the molecule is O=C(Cl)c1ccccc1.[C-]#[N+]c1ccc(C[C@@H](c2nnc(-c3ccc(C#N)cc3)o2)[C@H](C)O)c(C)c1Cl.[C-]#[N+]c1ccc(C[C@@H](c2nnc(-c3ccc(C#N)cc3)o2)[C@H](C)OC(=O)c2ccccc2)c(C)c1Cl. The molecule has 2 heterocycles. The van der Waals surface area contributed by atoms with Crippen molar-refractivity contribution in [3.8, 4) is 35.0 Å². The van der Waals surface area contributed by atoms with Crippen molar-refractivity contribution in [2.24, 2.45) is 0 Å². The molecule has 73 heavy (non-hydrogen) atoms. The number of ether oxygens (including phenoxy) is 1. The summed E-state index contributed by atoms with van der Waals surface area (Å²) < 4.78 is 17.6. The molecule has 364 valence electrons. The van der Waals surface area contributed by atoms with Crippen LogP contribution in [0.1, 0.15) is 91.6 Å². The number of aliphatic hydroxyl groups is 1. The van der Waals surface area contributed by atoms with Crippen LogP contribution >= 0.6 is 34.8 Å². The zero-order valence-corrected chi connectivity index (χ0v) is 41.9. The van der Waals surface area contributed by atoms with E-state index >= 15 is 0 Å². The molecule has 0 amide bonds. The summed E-state index contributed by atoms with van der Waals surface area (Å²) in [6.07, 6.45) is -0.517. The number of halogens is 3. The molecule has 4 atom stereocenters. The second-order valence-electron chi connectivity index (χ2n) is 16.3. The summed E-state index contributed by atoms with van der Waals surface area (Å²) in [5.41, 5.74) is 7.52. The maximum Gasteiger partial charge on any atom is 0.338 e. The van der Waals surface area contributed by atoms with Gasteiger partial charge in [-0.15, -0.1) is 20.4 Å². The first-order chi connectivity index (χ1) is 35.1. The van der Waals surface area contributed by atoms with Crippen LogP contribution in [0, 0.1) is 49.7 Å². The number of nitrogens with zero attached hydrogens (tertiary/aromatic N) is 8. The van der Waals surface area contributed by atoms with Crippen LogP contribution in [0.25, 0.3) is 32.6 Å². The number of carbonyl (C=O) groups excluding carboxylic acids is 2. The van der Waals surface area contributed by atoms with Gasteiger partial charge in [-0.25, -0.2) is 14.5 Å². The maximum absolute atomic E-state index is 12.8. The summed E-state index contributed by atoms with van der Waals surface area (Å²) in [6.45, 7) is 21.6. The number of aliphatic hydroxyl groups excluding tert-OH is 1. The largest absolute Gasteiger partial charge is 0.458 e. The van der Waals surface area contributed by atoms with E-state index in [-0.39, 0.29) is 0 Å². The van der Waals surface area contributed by atoms with E-state index in [0.29, 0.717) is 91.2 Å². The van der Waals surface area contributed by atoms with Gasteiger partial charge in [0.2, 0.25) is 34.9 Å². The topological polar surface area (TPSA) is 198 Å². The molecule has 17 heteroatoms. The van der Waals surface area contributed by atoms with Crippen molar-refractivity contribution in [1.29, 1.82) is 10.5 Å². The van der Waals surface area contributed by atoms with Gasteiger partial charge in [0.15, 0.2) is 0 Å². The first-order valence-electron chi connectivity index (χ1n) is 22.3. The zero-order chi connectivity index (χ0) is 52.6. The Hall–Kier alpha value is -8.47. The fourth-order valence-corrected chi connectivity index (χ4v) is 7.85. The van der Waals surface area contributed by atoms with Crippen molar-refractivity contribution in [2.45, 2.75) is 64.6 Å². The molecule has 0 aliphatic rings. The highest BCUT2D eigenvalue weighted by Gasteiger charge is 2.31. The fraction of sp³-hybridized carbons (Fsp3) is 0.179. The minimum atomic E-state index is -0.729. The number of rotatable bonds is 13. The number of carbonyl (C=O) groups is 2. The van der Waals surface area contributed by atoms with Gasteiger partial charge in [-0.1, -0.05) is 96.0 Å². The van der Waals surface area contributed by atoms with E-state index in [4.69, 9.17) is 72.0 Å². The molecule has 0 aliphatic heterocycles. The molecule has 14 nitrogen and oxygen atoms in total. The Labute approximate surface area is 436 Å². The minimum Gasteiger partial charge on any atom is -0.458 e. The third kappa shape index (κ3) is 13.9. The highest BCUT2D eigenvalue weighted by molar-refractivity contribution is 6.67. The van der Waals surface area contributed by atoms with E-state index in [1.807, 2.05) is 38.1 Å². The summed E-state index contributed by atoms with van der Waals surface area (Å²) in [4.78, 5) is 30.0. The molecule has 0 saturated carbocycles. The summed E-state index contributed by atoms with van der Waals surface area (Å²) in [7, 11) is 0. The van der Waals surface area contributed by atoms with Gasteiger partial charge in [-0.2, -0.15) is 10.5 Å². The third-order valence-corrected chi connectivity index (χ3v) is 12.7. The average Bonchev–Trinajstić information content (AvgIpc) is 4.12. The summed E-state index contributed by atoms with van der Waals surface area (Å²) in [5, 5.41) is 45.3. The lowest BCUT2D eigenvalue weighted by Crippen LogP contribution is -2.25. The Morgan fingerprint density at radius 2 is 1.04 bits per heavy atom. The molecule has 8 rings (SSSR count). The number of hydrogen-bond donors (Lipinski definition) is 1. The molecule has 8 aromatic rings. The number of aromatic nitrogens is 4. The molecular formula is C56H43Cl3N8O6. The van der Waals surface area contributed by atoms with Crippen LogP contribution in [0.5, 0.6) is 0 Å². The zero-order valence-electron chi connectivity index (χ0n) is 39.6. The Bertz CT molecular complexity index is 3370. The first kappa shape index (κ1) is 53.9. The van der Waals surface area contributed by atoms with Crippen LogP contribution in [0.2, 0.25) is 10.0 Å². The lowest BCUT2D eigenvalue weighted by molar-refractivity contribution is 0.0259. The average molecular weight is 1030 g/mol. The molecular weight excluding hydrogens is 987 g/mol.